The molecule has 6 nitrogen and oxygen atoms in total. The van der Waals surface area contributed by atoms with Gasteiger partial charge in [0.2, 0.25) is 5.91 Å². The quantitative estimate of drug-likeness (QED) is 0.770. The predicted octanol–water partition coefficient (Wildman–Crippen LogP) is 3.03. The Labute approximate surface area is 147 Å². The lowest BCUT2D eigenvalue weighted by atomic mass is 10.3. The summed E-state index contributed by atoms with van der Waals surface area (Å²) < 4.78 is 32.0. The molecule has 0 aliphatic carbocycles. The molecular formula is C18H20N2O4S. The SMILES string of the molecule is C=CCOc1ccc(N(C)S(=O)(=O)c2ccc(NC(C)=O)cc2)cc1. The third-order valence-corrected chi connectivity index (χ3v) is 5.20. The number of anilines is 2. The number of carbonyl (C=O) groups excluding carboxylic acids is 1. The maximum absolute atomic E-state index is 12.7. The van der Waals surface area contributed by atoms with E-state index in [1.165, 1.54) is 30.4 Å². The highest BCUT2D eigenvalue weighted by Crippen LogP contribution is 2.25. The van der Waals surface area contributed by atoms with E-state index in [9.17, 15) is 13.2 Å². The van der Waals surface area contributed by atoms with Crippen LogP contribution in [0, 0.1) is 0 Å². The van der Waals surface area contributed by atoms with E-state index in [0.29, 0.717) is 23.7 Å². The van der Waals surface area contributed by atoms with Gasteiger partial charge in [0.05, 0.1) is 10.6 Å². The Bertz CT molecular complexity index is 844. The molecule has 2 aromatic carbocycles. The van der Waals surface area contributed by atoms with E-state index < -0.39 is 10.0 Å². The lowest BCUT2D eigenvalue weighted by Gasteiger charge is -2.20. The van der Waals surface area contributed by atoms with E-state index in [1.807, 2.05) is 0 Å². The van der Waals surface area contributed by atoms with Crippen molar-refractivity contribution in [1.82, 2.24) is 0 Å². The normalized spacial score (nSPS) is 10.8. The van der Waals surface area contributed by atoms with Gasteiger partial charge >= 0.3 is 0 Å². The van der Waals surface area contributed by atoms with Gasteiger partial charge in [-0.2, -0.15) is 0 Å². The molecule has 0 saturated heterocycles. The van der Waals surface area contributed by atoms with E-state index in [4.69, 9.17) is 4.74 Å². The molecule has 0 unspecified atom stereocenters. The van der Waals surface area contributed by atoms with Crippen molar-refractivity contribution in [3.8, 4) is 5.75 Å². The number of nitrogens with one attached hydrogen (secondary N) is 1. The first-order valence-electron chi connectivity index (χ1n) is 7.55. The van der Waals surface area contributed by atoms with Crippen LogP contribution in [0.5, 0.6) is 5.75 Å². The molecule has 0 aromatic heterocycles. The number of rotatable bonds is 7. The van der Waals surface area contributed by atoms with Gasteiger partial charge in [-0.15, -0.1) is 0 Å². The molecule has 0 heterocycles. The van der Waals surface area contributed by atoms with E-state index in [2.05, 4.69) is 11.9 Å². The van der Waals surface area contributed by atoms with Crippen LogP contribution in [0.3, 0.4) is 0 Å². The molecule has 0 bridgehead atoms. The van der Waals surface area contributed by atoms with E-state index in [1.54, 1.807) is 42.5 Å². The highest BCUT2D eigenvalue weighted by atomic mass is 32.2. The van der Waals surface area contributed by atoms with Crippen LogP contribution < -0.4 is 14.4 Å². The maximum Gasteiger partial charge on any atom is 0.264 e. The van der Waals surface area contributed by atoms with Crippen molar-refractivity contribution < 1.29 is 17.9 Å². The second-order valence-electron chi connectivity index (χ2n) is 5.27. The Morgan fingerprint density at radius 2 is 1.76 bits per heavy atom. The Morgan fingerprint density at radius 3 is 2.28 bits per heavy atom. The highest BCUT2D eigenvalue weighted by Gasteiger charge is 2.21. The Balaban J connectivity index is 2.20. The van der Waals surface area contributed by atoms with Gasteiger partial charge in [-0.3, -0.25) is 9.10 Å². The van der Waals surface area contributed by atoms with Crippen LogP contribution in [0.1, 0.15) is 6.92 Å². The van der Waals surface area contributed by atoms with Crippen LogP contribution in [-0.2, 0) is 14.8 Å². The molecule has 0 atom stereocenters. The average molecular weight is 360 g/mol. The minimum Gasteiger partial charge on any atom is -0.490 e. The summed E-state index contributed by atoms with van der Waals surface area (Å²) in [5.41, 5.74) is 1.05. The molecule has 0 radical (unpaired) electrons. The largest absolute Gasteiger partial charge is 0.490 e. The second-order valence-corrected chi connectivity index (χ2v) is 7.24. The first-order chi connectivity index (χ1) is 11.8. The van der Waals surface area contributed by atoms with Crippen LogP contribution in [0.25, 0.3) is 0 Å². The van der Waals surface area contributed by atoms with E-state index in [0.717, 1.165) is 0 Å². The third kappa shape index (κ3) is 4.60. The number of sulfonamides is 1. The van der Waals surface area contributed by atoms with E-state index >= 15 is 0 Å². The molecule has 1 N–H and O–H groups in total. The summed E-state index contributed by atoms with van der Waals surface area (Å²) in [5, 5.41) is 2.60. The van der Waals surface area contributed by atoms with Crippen LogP contribution in [-0.4, -0.2) is 28.0 Å². The molecule has 7 heteroatoms. The first kappa shape index (κ1) is 18.5. The Morgan fingerprint density at radius 1 is 1.16 bits per heavy atom. The molecule has 0 aliphatic heterocycles. The molecule has 25 heavy (non-hydrogen) atoms. The summed E-state index contributed by atoms with van der Waals surface area (Å²) in [6.07, 6.45) is 1.63. The fourth-order valence-electron chi connectivity index (χ4n) is 2.12. The van der Waals surface area contributed by atoms with Crippen molar-refractivity contribution in [3.63, 3.8) is 0 Å². The number of nitrogens with zero attached hydrogens (tertiary/aromatic N) is 1. The van der Waals surface area contributed by atoms with Gasteiger partial charge in [0.15, 0.2) is 0 Å². The van der Waals surface area contributed by atoms with Crippen LogP contribution >= 0.6 is 0 Å². The van der Waals surface area contributed by atoms with Crippen molar-refractivity contribution in [2.45, 2.75) is 11.8 Å². The molecular weight excluding hydrogens is 340 g/mol. The number of carbonyl (C=O) groups is 1. The molecule has 0 saturated carbocycles. The molecule has 0 aliphatic rings. The maximum atomic E-state index is 12.7. The first-order valence-corrected chi connectivity index (χ1v) is 8.99. The topological polar surface area (TPSA) is 75.7 Å². The molecule has 0 fully saturated rings. The predicted molar refractivity (Wildman–Crippen MR) is 98.5 cm³/mol. The summed E-state index contributed by atoms with van der Waals surface area (Å²) in [6.45, 7) is 5.35. The van der Waals surface area contributed by atoms with E-state index in [-0.39, 0.29) is 10.8 Å². The zero-order valence-corrected chi connectivity index (χ0v) is 14.9. The summed E-state index contributed by atoms with van der Waals surface area (Å²) in [6, 6.07) is 12.7. The lowest BCUT2D eigenvalue weighted by molar-refractivity contribution is -0.114. The van der Waals surface area contributed by atoms with Gasteiger partial charge < -0.3 is 10.1 Å². The minimum absolute atomic E-state index is 0.135. The smallest absolute Gasteiger partial charge is 0.264 e. The standard InChI is InChI=1S/C18H20N2O4S/c1-4-13-24-17-9-7-16(8-10-17)20(3)25(22,23)18-11-5-15(6-12-18)19-14(2)21/h4-12H,1,13H2,2-3H3,(H,19,21). The molecule has 2 aromatic rings. The van der Waals surface area contributed by atoms with Gasteiger partial charge in [0.25, 0.3) is 10.0 Å². The van der Waals surface area contributed by atoms with Gasteiger partial charge in [-0.05, 0) is 48.5 Å². The number of ether oxygens (including phenoxy) is 1. The summed E-state index contributed by atoms with van der Waals surface area (Å²) >= 11 is 0. The average Bonchev–Trinajstić information content (AvgIpc) is 2.59. The zero-order chi connectivity index (χ0) is 18.4. The van der Waals surface area contributed by atoms with Crippen molar-refractivity contribution >= 4 is 27.3 Å². The number of hydrogen-bond donors (Lipinski definition) is 1. The summed E-state index contributed by atoms with van der Waals surface area (Å²) in [7, 11) is -2.22. The molecule has 132 valence electrons. The summed E-state index contributed by atoms with van der Waals surface area (Å²) in [5.74, 6) is 0.417. The Hall–Kier alpha value is -2.80. The fourth-order valence-corrected chi connectivity index (χ4v) is 3.31. The fraction of sp³-hybridized carbons (Fsp3) is 0.167. The lowest BCUT2D eigenvalue weighted by Crippen LogP contribution is -2.26. The van der Waals surface area contributed by atoms with Crippen molar-refractivity contribution in [2.75, 3.05) is 23.3 Å². The van der Waals surface area contributed by atoms with Crippen molar-refractivity contribution in [2.24, 2.45) is 0 Å². The Kier molecular flexibility index (Phi) is 5.82. The van der Waals surface area contributed by atoms with Crippen molar-refractivity contribution in [1.29, 1.82) is 0 Å². The van der Waals surface area contributed by atoms with Gasteiger partial charge in [-0.25, -0.2) is 8.42 Å². The van der Waals surface area contributed by atoms with Crippen LogP contribution in [0.4, 0.5) is 11.4 Å². The van der Waals surface area contributed by atoms with Gasteiger partial charge in [-0.1, -0.05) is 12.7 Å². The van der Waals surface area contributed by atoms with Crippen LogP contribution in [0.2, 0.25) is 0 Å². The highest BCUT2D eigenvalue weighted by molar-refractivity contribution is 7.92. The number of amides is 1. The number of hydrogen-bond acceptors (Lipinski definition) is 4. The second kappa shape index (κ2) is 7.85. The molecule has 2 rings (SSSR count). The monoisotopic (exact) mass is 360 g/mol. The molecule has 0 spiro atoms. The minimum atomic E-state index is -3.70. The van der Waals surface area contributed by atoms with Crippen LogP contribution in [0.15, 0.2) is 66.1 Å². The summed E-state index contributed by atoms with van der Waals surface area (Å²) in [4.78, 5) is 11.2. The third-order valence-electron chi connectivity index (χ3n) is 3.40. The van der Waals surface area contributed by atoms with Gasteiger partial charge in [0.1, 0.15) is 12.4 Å². The molecule has 1 amide bonds. The van der Waals surface area contributed by atoms with Crippen molar-refractivity contribution in [3.05, 3.63) is 61.2 Å². The number of benzene rings is 2. The van der Waals surface area contributed by atoms with Gasteiger partial charge in [0, 0.05) is 19.7 Å². The zero-order valence-electron chi connectivity index (χ0n) is 14.1.